The lowest BCUT2D eigenvalue weighted by molar-refractivity contribution is -0.161. The third-order valence-corrected chi connectivity index (χ3v) is 9.06. The minimum atomic E-state index is -4.40. The Labute approximate surface area is 322 Å². The van der Waals surface area contributed by atoms with E-state index < -0.39 is 32.5 Å². The number of phosphoric acid groups is 1. The number of carbonyl (C=O) groups excluding carboxylic acids is 2. The van der Waals surface area contributed by atoms with Gasteiger partial charge in [0.2, 0.25) is 0 Å². The summed E-state index contributed by atoms with van der Waals surface area (Å²) in [5.74, 6) is -0.942. The third-order valence-electron chi connectivity index (χ3n) is 8.08. The molecule has 2 unspecified atom stereocenters. The molecule has 9 nitrogen and oxygen atoms in total. The molecule has 0 aliphatic rings. The lowest BCUT2D eigenvalue weighted by atomic mass is 10.1. The number of unbranched alkanes of at least 4 members (excludes halogenated alkanes) is 12. The van der Waals surface area contributed by atoms with Crippen LogP contribution in [0.25, 0.3) is 0 Å². The van der Waals surface area contributed by atoms with Gasteiger partial charge in [0.25, 0.3) is 0 Å². The standard InChI is InChI=1S/C43H74NO8P/c1-3-5-7-9-11-13-15-17-18-19-20-21-22-24-26-28-30-32-34-36-43(46)52-41(40-51-53(47,48)50-38-37-44)39-49-42(45)35-33-31-29-27-25-23-16-14-12-10-8-6-4-2/h11,13-14,16-18,20-21,24,26,30,32,41H,3-10,12,15,19,22-23,25,27-29,31,33-40,44H2,1-2H3,(H,47,48). The number of carbonyl (C=O) groups is 2. The molecule has 304 valence electrons. The summed E-state index contributed by atoms with van der Waals surface area (Å²) in [5.41, 5.74) is 5.33. The van der Waals surface area contributed by atoms with Gasteiger partial charge in [-0.3, -0.25) is 18.6 Å². The summed E-state index contributed by atoms with van der Waals surface area (Å²) >= 11 is 0. The monoisotopic (exact) mass is 764 g/mol. The molecule has 0 heterocycles. The molecule has 10 heteroatoms. The molecule has 0 aliphatic carbocycles. The summed E-state index contributed by atoms with van der Waals surface area (Å²) in [6, 6.07) is 0. The first-order valence-electron chi connectivity index (χ1n) is 20.4. The van der Waals surface area contributed by atoms with Crippen molar-refractivity contribution in [1.29, 1.82) is 0 Å². The van der Waals surface area contributed by atoms with E-state index in [0.29, 0.717) is 12.8 Å². The van der Waals surface area contributed by atoms with E-state index in [1.165, 1.54) is 57.8 Å². The van der Waals surface area contributed by atoms with Gasteiger partial charge in [0.05, 0.1) is 13.2 Å². The van der Waals surface area contributed by atoms with Gasteiger partial charge in [-0.2, -0.15) is 0 Å². The highest BCUT2D eigenvalue weighted by atomic mass is 31.2. The van der Waals surface area contributed by atoms with Crippen molar-refractivity contribution >= 4 is 19.8 Å². The van der Waals surface area contributed by atoms with Crippen LogP contribution in [0.5, 0.6) is 0 Å². The van der Waals surface area contributed by atoms with E-state index in [1.54, 1.807) is 0 Å². The third kappa shape index (κ3) is 39.0. The minimum absolute atomic E-state index is 0.0378. The molecule has 2 atom stereocenters. The van der Waals surface area contributed by atoms with Crippen molar-refractivity contribution in [2.24, 2.45) is 5.73 Å². The van der Waals surface area contributed by atoms with Crippen LogP contribution in [0.1, 0.15) is 155 Å². The van der Waals surface area contributed by atoms with Crippen molar-refractivity contribution in [2.75, 3.05) is 26.4 Å². The fraction of sp³-hybridized carbons (Fsp3) is 0.674. The fourth-order valence-electron chi connectivity index (χ4n) is 5.02. The van der Waals surface area contributed by atoms with Crippen LogP contribution in [0.2, 0.25) is 0 Å². The lowest BCUT2D eigenvalue weighted by Crippen LogP contribution is -2.29. The molecule has 0 radical (unpaired) electrons. The molecule has 0 saturated carbocycles. The predicted molar refractivity (Wildman–Crippen MR) is 219 cm³/mol. The van der Waals surface area contributed by atoms with E-state index in [2.05, 4.69) is 74.6 Å². The van der Waals surface area contributed by atoms with Crippen LogP contribution < -0.4 is 5.73 Å². The normalized spacial score (nSPS) is 14.1. The highest BCUT2D eigenvalue weighted by Crippen LogP contribution is 2.43. The zero-order chi connectivity index (χ0) is 38.9. The van der Waals surface area contributed by atoms with Crippen LogP contribution in [0.3, 0.4) is 0 Å². The molecule has 0 fully saturated rings. The molecular weight excluding hydrogens is 689 g/mol. The van der Waals surface area contributed by atoms with Crippen molar-refractivity contribution in [3.8, 4) is 0 Å². The van der Waals surface area contributed by atoms with Crippen molar-refractivity contribution in [2.45, 2.75) is 161 Å². The van der Waals surface area contributed by atoms with Gasteiger partial charge >= 0.3 is 19.8 Å². The van der Waals surface area contributed by atoms with Crippen LogP contribution in [0.15, 0.2) is 72.9 Å². The molecular formula is C43H74NO8P. The van der Waals surface area contributed by atoms with Gasteiger partial charge in [0, 0.05) is 19.4 Å². The molecule has 0 aromatic heterocycles. The number of hydrogen-bond donors (Lipinski definition) is 2. The lowest BCUT2D eigenvalue weighted by Gasteiger charge is -2.19. The number of allylic oxidation sites excluding steroid dienone is 12. The summed E-state index contributed by atoms with van der Waals surface area (Å²) in [4.78, 5) is 34.7. The summed E-state index contributed by atoms with van der Waals surface area (Å²) in [5, 5.41) is 0. The molecule has 0 rings (SSSR count). The summed E-state index contributed by atoms with van der Waals surface area (Å²) in [6.07, 6.45) is 46.6. The molecule has 0 aromatic carbocycles. The second-order valence-corrected chi connectivity index (χ2v) is 14.6. The maximum Gasteiger partial charge on any atom is 0.472 e. The first-order chi connectivity index (χ1) is 25.8. The van der Waals surface area contributed by atoms with Crippen molar-refractivity contribution in [3.05, 3.63) is 72.9 Å². The Morgan fingerprint density at radius 2 is 1.02 bits per heavy atom. The topological polar surface area (TPSA) is 134 Å². The van der Waals surface area contributed by atoms with E-state index in [9.17, 15) is 19.0 Å². The van der Waals surface area contributed by atoms with Gasteiger partial charge in [-0.15, -0.1) is 0 Å². The Morgan fingerprint density at radius 3 is 1.58 bits per heavy atom. The molecule has 0 bridgehead atoms. The zero-order valence-electron chi connectivity index (χ0n) is 33.2. The average molecular weight is 764 g/mol. The summed E-state index contributed by atoms with van der Waals surface area (Å²) in [7, 11) is -4.40. The number of hydrogen-bond acceptors (Lipinski definition) is 8. The van der Waals surface area contributed by atoms with Gasteiger partial charge in [-0.05, 0) is 77.0 Å². The quantitative estimate of drug-likeness (QED) is 0.0274. The number of rotatable bonds is 37. The highest BCUT2D eigenvalue weighted by Gasteiger charge is 2.25. The van der Waals surface area contributed by atoms with Crippen LogP contribution >= 0.6 is 7.82 Å². The molecule has 53 heavy (non-hydrogen) atoms. The smallest absolute Gasteiger partial charge is 0.462 e. The average Bonchev–Trinajstić information content (AvgIpc) is 3.14. The molecule has 0 aliphatic heterocycles. The predicted octanol–water partition coefficient (Wildman–Crippen LogP) is 11.5. The number of nitrogens with two attached hydrogens (primary N) is 1. The SMILES string of the molecule is CCCCCC=CCC=CCC=CCC=CCC=CCCC(=O)OC(COC(=O)CCCCCCCC=CCCCCCC)COP(=O)(O)OCCN. The van der Waals surface area contributed by atoms with Crippen LogP contribution in [-0.2, 0) is 32.7 Å². The molecule has 0 amide bonds. The van der Waals surface area contributed by atoms with Crippen molar-refractivity contribution in [3.63, 3.8) is 0 Å². The summed E-state index contributed by atoms with van der Waals surface area (Å²) < 4.78 is 32.6. The highest BCUT2D eigenvalue weighted by molar-refractivity contribution is 7.47. The Bertz CT molecular complexity index is 1100. The van der Waals surface area contributed by atoms with Crippen LogP contribution in [-0.4, -0.2) is 49.3 Å². The van der Waals surface area contributed by atoms with Crippen molar-refractivity contribution in [1.82, 2.24) is 0 Å². The maximum absolute atomic E-state index is 12.5. The minimum Gasteiger partial charge on any atom is -0.462 e. The van der Waals surface area contributed by atoms with Crippen LogP contribution in [0.4, 0.5) is 0 Å². The second-order valence-electron chi connectivity index (χ2n) is 13.1. The molecule has 0 spiro atoms. The number of phosphoric ester groups is 1. The molecule has 0 saturated heterocycles. The van der Waals surface area contributed by atoms with Crippen LogP contribution in [0, 0.1) is 0 Å². The van der Waals surface area contributed by atoms with E-state index in [1.807, 2.05) is 12.2 Å². The largest absolute Gasteiger partial charge is 0.472 e. The van der Waals surface area contributed by atoms with Gasteiger partial charge in [-0.25, -0.2) is 4.57 Å². The zero-order valence-corrected chi connectivity index (χ0v) is 34.1. The van der Waals surface area contributed by atoms with E-state index in [4.69, 9.17) is 24.3 Å². The van der Waals surface area contributed by atoms with Gasteiger partial charge < -0.3 is 20.1 Å². The van der Waals surface area contributed by atoms with E-state index >= 15 is 0 Å². The number of esters is 2. The second kappa shape index (κ2) is 39.2. The number of ether oxygens (including phenoxy) is 2. The first kappa shape index (κ1) is 50.5. The Balaban J connectivity index is 4.35. The van der Waals surface area contributed by atoms with Gasteiger partial charge in [0.15, 0.2) is 6.10 Å². The maximum atomic E-state index is 12.5. The van der Waals surface area contributed by atoms with E-state index in [-0.39, 0.29) is 32.6 Å². The molecule has 0 aromatic rings. The summed E-state index contributed by atoms with van der Waals surface area (Å²) in [6.45, 7) is 3.57. The van der Waals surface area contributed by atoms with Crippen molar-refractivity contribution < 1.29 is 37.6 Å². The Kier molecular flexibility index (Phi) is 37.3. The van der Waals surface area contributed by atoms with Gasteiger partial charge in [-0.1, -0.05) is 138 Å². The molecule has 3 N–H and O–H groups in total. The Hall–Kier alpha value is -2.55. The Morgan fingerprint density at radius 1 is 0.566 bits per heavy atom. The first-order valence-corrected chi connectivity index (χ1v) is 21.9. The fourth-order valence-corrected chi connectivity index (χ4v) is 5.79. The van der Waals surface area contributed by atoms with Gasteiger partial charge in [0.1, 0.15) is 6.61 Å². The van der Waals surface area contributed by atoms with E-state index in [0.717, 1.165) is 57.8 Å².